The highest BCUT2D eigenvalue weighted by atomic mass is 35.5. The molecule has 0 unspecified atom stereocenters. The minimum Gasteiger partial charge on any atom is -0.337 e. The van der Waals surface area contributed by atoms with E-state index in [1.807, 2.05) is 11.8 Å². The number of rotatable bonds is 3. The van der Waals surface area contributed by atoms with Crippen LogP contribution in [0.3, 0.4) is 0 Å². The van der Waals surface area contributed by atoms with Gasteiger partial charge >= 0.3 is 0 Å². The predicted octanol–water partition coefficient (Wildman–Crippen LogP) is 3.63. The van der Waals surface area contributed by atoms with Crippen molar-refractivity contribution >= 4 is 42.1 Å². The summed E-state index contributed by atoms with van der Waals surface area (Å²) >= 11 is 1.63. The van der Waals surface area contributed by atoms with Gasteiger partial charge in [0.15, 0.2) is 0 Å². The van der Waals surface area contributed by atoms with Crippen molar-refractivity contribution in [3.05, 3.63) is 39.7 Å². The van der Waals surface area contributed by atoms with E-state index in [1.165, 1.54) is 5.56 Å². The van der Waals surface area contributed by atoms with Crippen LogP contribution in [0.2, 0.25) is 0 Å². The Morgan fingerprint density at radius 2 is 1.96 bits per heavy atom. The summed E-state index contributed by atoms with van der Waals surface area (Å²) in [6, 6.07) is 8.62. The molecule has 3 rings (SSSR count). The predicted molar refractivity (Wildman–Crippen MR) is 109 cm³/mol. The molecule has 1 aromatic heterocycles. The summed E-state index contributed by atoms with van der Waals surface area (Å²) in [4.78, 5) is 20.4. The molecular formula is C18H25Cl2N3OS. The van der Waals surface area contributed by atoms with Crippen LogP contribution in [0.15, 0.2) is 24.3 Å². The van der Waals surface area contributed by atoms with Gasteiger partial charge in [-0.3, -0.25) is 4.79 Å². The summed E-state index contributed by atoms with van der Waals surface area (Å²) in [7, 11) is 0. The summed E-state index contributed by atoms with van der Waals surface area (Å²) in [6.07, 6.45) is 0.444. The number of aromatic nitrogens is 1. The van der Waals surface area contributed by atoms with Crippen LogP contribution in [-0.4, -0.2) is 41.5 Å². The second kappa shape index (κ2) is 9.53. The second-order valence-corrected chi connectivity index (χ2v) is 7.48. The topological polar surface area (TPSA) is 45.2 Å². The number of nitrogens with one attached hydrogen (secondary N) is 1. The maximum Gasteiger partial charge on any atom is 0.228 e. The summed E-state index contributed by atoms with van der Waals surface area (Å²) in [6.45, 7) is 8.72. The van der Waals surface area contributed by atoms with Crippen LogP contribution < -0.4 is 5.32 Å². The molecule has 2 aromatic rings. The van der Waals surface area contributed by atoms with E-state index in [4.69, 9.17) is 0 Å². The smallest absolute Gasteiger partial charge is 0.228 e. The highest BCUT2D eigenvalue weighted by Gasteiger charge is 2.24. The summed E-state index contributed by atoms with van der Waals surface area (Å²) in [5, 5.41) is 4.34. The number of nitrogens with zero attached hydrogens (tertiary/aromatic N) is 2. The minimum absolute atomic E-state index is 0. The van der Waals surface area contributed by atoms with Crippen LogP contribution in [0.25, 0.3) is 11.3 Å². The van der Waals surface area contributed by atoms with Crippen LogP contribution in [0.5, 0.6) is 0 Å². The third-order valence-electron chi connectivity index (χ3n) is 4.26. The molecule has 4 nitrogen and oxygen atoms in total. The molecule has 0 spiro atoms. The van der Waals surface area contributed by atoms with Crippen molar-refractivity contribution in [1.29, 1.82) is 0 Å². The number of aryl methyl sites for hydroxylation is 2. The zero-order valence-electron chi connectivity index (χ0n) is 14.7. The highest BCUT2D eigenvalue weighted by Crippen LogP contribution is 2.29. The van der Waals surface area contributed by atoms with Crippen molar-refractivity contribution in [3.8, 4) is 11.3 Å². The summed E-state index contributed by atoms with van der Waals surface area (Å²) in [5.74, 6) is 0.205. The van der Waals surface area contributed by atoms with Gasteiger partial charge in [0, 0.05) is 36.1 Å². The van der Waals surface area contributed by atoms with Crippen molar-refractivity contribution in [2.45, 2.75) is 33.2 Å². The Morgan fingerprint density at radius 3 is 2.60 bits per heavy atom. The van der Waals surface area contributed by atoms with E-state index < -0.39 is 0 Å². The van der Waals surface area contributed by atoms with Gasteiger partial charge in [0.2, 0.25) is 5.91 Å². The third kappa shape index (κ3) is 5.17. The van der Waals surface area contributed by atoms with Gasteiger partial charge in [0.25, 0.3) is 0 Å². The van der Waals surface area contributed by atoms with E-state index in [0.717, 1.165) is 40.8 Å². The van der Waals surface area contributed by atoms with Crippen LogP contribution in [0.1, 0.15) is 22.4 Å². The first-order chi connectivity index (χ1) is 11.0. The van der Waals surface area contributed by atoms with Crippen molar-refractivity contribution in [1.82, 2.24) is 15.2 Å². The Labute approximate surface area is 165 Å². The number of carbonyl (C=O) groups is 1. The van der Waals surface area contributed by atoms with Crippen LogP contribution in [-0.2, 0) is 11.2 Å². The van der Waals surface area contributed by atoms with Crippen molar-refractivity contribution in [2.75, 3.05) is 19.6 Å². The number of thiazole rings is 1. The molecule has 7 heteroatoms. The van der Waals surface area contributed by atoms with E-state index in [9.17, 15) is 4.79 Å². The standard InChI is InChI=1S/C18H23N3OS.2ClH/c1-12-4-6-15(7-5-12)18-16(23-14(3)20-18)10-17(22)21-9-8-19-11-13(21)2;;/h4-7,13,19H,8-11H2,1-3H3;2*1H/t13-;;/m1../s1. The SMILES string of the molecule is Cc1ccc(-c2nc(C)sc2CC(=O)N2CCNC[C@H]2C)cc1.Cl.Cl. The van der Waals surface area contributed by atoms with Gasteiger partial charge in [-0.1, -0.05) is 29.8 Å². The molecule has 1 fully saturated rings. The normalized spacial score (nSPS) is 16.8. The van der Waals surface area contributed by atoms with Crippen LogP contribution >= 0.6 is 36.2 Å². The molecule has 138 valence electrons. The first kappa shape index (κ1) is 21.9. The zero-order valence-corrected chi connectivity index (χ0v) is 17.2. The molecule has 1 saturated heterocycles. The lowest BCUT2D eigenvalue weighted by Gasteiger charge is -2.34. The number of hydrogen-bond donors (Lipinski definition) is 1. The molecule has 0 aliphatic carbocycles. The fourth-order valence-electron chi connectivity index (χ4n) is 2.98. The molecule has 0 radical (unpaired) electrons. The van der Waals surface area contributed by atoms with E-state index >= 15 is 0 Å². The monoisotopic (exact) mass is 401 g/mol. The molecule has 1 aliphatic heterocycles. The van der Waals surface area contributed by atoms with Gasteiger partial charge in [0.05, 0.1) is 17.1 Å². The third-order valence-corrected chi connectivity index (χ3v) is 5.23. The molecule has 0 saturated carbocycles. The lowest BCUT2D eigenvalue weighted by atomic mass is 10.1. The molecule has 1 atom stereocenters. The number of halogens is 2. The zero-order chi connectivity index (χ0) is 16.4. The average Bonchev–Trinajstić information content (AvgIpc) is 2.89. The maximum atomic E-state index is 12.7. The largest absolute Gasteiger partial charge is 0.337 e. The highest BCUT2D eigenvalue weighted by molar-refractivity contribution is 7.12. The lowest BCUT2D eigenvalue weighted by Crippen LogP contribution is -2.52. The number of amides is 1. The molecule has 0 bridgehead atoms. The number of benzene rings is 1. The minimum atomic E-state index is 0. The molecule has 1 amide bonds. The maximum absolute atomic E-state index is 12.7. The second-order valence-electron chi connectivity index (χ2n) is 6.19. The Hall–Kier alpha value is -1.14. The van der Waals surface area contributed by atoms with Gasteiger partial charge in [-0.25, -0.2) is 4.98 Å². The Balaban J connectivity index is 0.00000156. The molecule has 25 heavy (non-hydrogen) atoms. The summed E-state index contributed by atoms with van der Waals surface area (Å²) < 4.78 is 0. The van der Waals surface area contributed by atoms with E-state index in [1.54, 1.807) is 11.3 Å². The summed E-state index contributed by atoms with van der Waals surface area (Å²) in [5.41, 5.74) is 3.28. The molecular weight excluding hydrogens is 377 g/mol. The Bertz CT molecular complexity index is 703. The molecule has 1 aromatic carbocycles. The van der Waals surface area contributed by atoms with Gasteiger partial charge in [-0.2, -0.15) is 0 Å². The van der Waals surface area contributed by atoms with Crippen molar-refractivity contribution in [2.24, 2.45) is 0 Å². The first-order valence-corrected chi connectivity index (χ1v) is 8.90. The van der Waals surface area contributed by atoms with Gasteiger partial charge < -0.3 is 10.2 Å². The van der Waals surface area contributed by atoms with Crippen LogP contribution in [0, 0.1) is 13.8 Å². The van der Waals surface area contributed by atoms with Crippen LogP contribution in [0.4, 0.5) is 0 Å². The fourth-order valence-corrected chi connectivity index (χ4v) is 3.93. The molecule has 2 heterocycles. The fraction of sp³-hybridized carbons (Fsp3) is 0.444. The van der Waals surface area contributed by atoms with E-state index in [-0.39, 0.29) is 36.8 Å². The van der Waals surface area contributed by atoms with Gasteiger partial charge in [-0.05, 0) is 20.8 Å². The van der Waals surface area contributed by atoms with Gasteiger partial charge in [0.1, 0.15) is 0 Å². The lowest BCUT2D eigenvalue weighted by molar-refractivity contribution is -0.133. The number of hydrogen-bond acceptors (Lipinski definition) is 4. The van der Waals surface area contributed by atoms with Crippen molar-refractivity contribution in [3.63, 3.8) is 0 Å². The number of piperazine rings is 1. The van der Waals surface area contributed by atoms with Crippen molar-refractivity contribution < 1.29 is 4.79 Å². The Kier molecular flexibility index (Phi) is 8.35. The molecule has 1 N–H and O–H groups in total. The molecule has 1 aliphatic rings. The Morgan fingerprint density at radius 1 is 1.28 bits per heavy atom. The van der Waals surface area contributed by atoms with E-state index in [0.29, 0.717) is 6.42 Å². The first-order valence-electron chi connectivity index (χ1n) is 8.08. The number of carbonyl (C=O) groups excluding carboxylic acids is 1. The average molecular weight is 402 g/mol. The van der Waals surface area contributed by atoms with Gasteiger partial charge in [-0.15, -0.1) is 36.2 Å². The quantitative estimate of drug-likeness (QED) is 0.853. The van der Waals surface area contributed by atoms with E-state index in [2.05, 4.69) is 48.4 Å².